The van der Waals surface area contributed by atoms with Gasteiger partial charge in [0.2, 0.25) is 12.0 Å². The van der Waals surface area contributed by atoms with Crippen LogP contribution in [-0.2, 0) is 29.0 Å². The van der Waals surface area contributed by atoms with Gasteiger partial charge in [0.05, 0.1) is 22.7 Å². The predicted octanol–water partition coefficient (Wildman–Crippen LogP) is 7.39. The van der Waals surface area contributed by atoms with Gasteiger partial charge in [0, 0.05) is 69.3 Å². The summed E-state index contributed by atoms with van der Waals surface area (Å²) in [5.41, 5.74) is 4.22. The Balaban J connectivity index is 1.19. The summed E-state index contributed by atoms with van der Waals surface area (Å²) in [5, 5.41) is 11.5. The minimum Gasteiger partial charge on any atom is -0.491 e. The maximum absolute atomic E-state index is 14.2. The van der Waals surface area contributed by atoms with Crippen LogP contribution in [0.2, 0.25) is 5.02 Å². The molecule has 0 spiro atoms. The van der Waals surface area contributed by atoms with E-state index in [1.807, 2.05) is 31.2 Å². The number of likely N-dealkylation sites (N-methyl/N-ethyl adjacent to an activating group) is 1. The van der Waals surface area contributed by atoms with Gasteiger partial charge in [-0.25, -0.2) is 29.1 Å². The molecule has 1 N–H and O–H groups in total. The number of rotatable bonds is 17. The number of hydrogen-bond donors (Lipinski definition) is 1. The summed E-state index contributed by atoms with van der Waals surface area (Å²) in [6.07, 6.45) is 2.20. The average molecular weight is 827 g/mol. The first-order chi connectivity index (χ1) is 28.2. The predicted molar refractivity (Wildman–Crippen MR) is 222 cm³/mol. The summed E-state index contributed by atoms with van der Waals surface area (Å²) in [7, 11) is 3.75. The number of piperazine rings is 1. The molecule has 1 saturated heterocycles. The molecule has 1 atom stereocenters. The molecular formula is C43H44ClFN6O6S. The summed E-state index contributed by atoms with van der Waals surface area (Å²) < 4.78 is 38.0. The van der Waals surface area contributed by atoms with Gasteiger partial charge < -0.3 is 29.0 Å². The van der Waals surface area contributed by atoms with Crippen molar-refractivity contribution in [3.05, 3.63) is 113 Å². The summed E-state index contributed by atoms with van der Waals surface area (Å²) in [6.45, 7) is 7.83. The summed E-state index contributed by atoms with van der Waals surface area (Å²) in [5.74, 6) is 0.223. The number of carbonyl (C=O) groups is 1. The minimum absolute atomic E-state index is 0.0326. The zero-order valence-electron chi connectivity index (χ0n) is 32.5. The van der Waals surface area contributed by atoms with Crippen molar-refractivity contribution in [2.75, 3.05) is 60.1 Å². The lowest BCUT2D eigenvalue weighted by atomic mass is 9.96. The van der Waals surface area contributed by atoms with E-state index in [0.717, 1.165) is 54.3 Å². The Hall–Kier alpha value is -5.25. The molecule has 1 aliphatic heterocycles. The van der Waals surface area contributed by atoms with Crippen LogP contribution in [0.5, 0.6) is 17.4 Å². The maximum atomic E-state index is 14.2. The Morgan fingerprint density at radius 3 is 2.53 bits per heavy atom. The number of carboxylic acid groups (broad SMARTS) is 1. The molecule has 6 aromatic rings. The van der Waals surface area contributed by atoms with E-state index in [4.69, 9.17) is 30.5 Å². The van der Waals surface area contributed by atoms with E-state index in [2.05, 4.69) is 36.8 Å². The van der Waals surface area contributed by atoms with Gasteiger partial charge >= 0.3 is 5.97 Å². The second-order valence-corrected chi connectivity index (χ2v) is 15.3. The number of hydrogen-bond acceptors (Lipinski definition) is 12. The molecule has 302 valence electrons. The normalized spacial score (nSPS) is 14.1. The van der Waals surface area contributed by atoms with Gasteiger partial charge in [0.25, 0.3) is 0 Å². The van der Waals surface area contributed by atoms with E-state index in [9.17, 15) is 14.3 Å². The Morgan fingerprint density at radius 1 is 0.966 bits per heavy atom. The fourth-order valence-corrected chi connectivity index (χ4v) is 8.14. The number of nitrogens with zero attached hydrogens (tertiary/aromatic N) is 6. The second-order valence-electron chi connectivity index (χ2n) is 14.0. The Bertz CT molecular complexity index is 2360. The van der Waals surface area contributed by atoms with Crippen LogP contribution in [0.15, 0.2) is 79.3 Å². The third-order valence-corrected chi connectivity index (χ3v) is 11.6. The molecule has 0 radical (unpaired) electrons. The third kappa shape index (κ3) is 9.71. The number of fused-ring (bicyclic) bond motifs is 1. The first-order valence-electron chi connectivity index (χ1n) is 18.9. The molecule has 0 amide bonds. The molecule has 7 rings (SSSR count). The largest absolute Gasteiger partial charge is 0.491 e. The van der Waals surface area contributed by atoms with Gasteiger partial charge in [-0.05, 0) is 66.6 Å². The fraction of sp³-hybridized carbons (Fsp3) is 0.326. The topological polar surface area (TPSA) is 132 Å². The Kier molecular flexibility index (Phi) is 13.4. The molecule has 15 heteroatoms. The molecule has 3 aromatic heterocycles. The zero-order valence-corrected chi connectivity index (χ0v) is 34.1. The second kappa shape index (κ2) is 19.0. The summed E-state index contributed by atoms with van der Waals surface area (Å²) in [6, 6.07) is 18.9. The Morgan fingerprint density at radius 2 is 1.76 bits per heavy atom. The zero-order chi connectivity index (χ0) is 40.6. The van der Waals surface area contributed by atoms with Crippen LogP contribution in [0, 0.1) is 12.7 Å². The highest BCUT2D eigenvalue weighted by atomic mass is 35.5. The SMILES string of the molecule is COCCc1nccc(COc2ccccc2C[C@@H](Oc2ncnc3sc(-c4ccc(F)cc4)c(-c4ccc(OCCN5CCN(C)CC5)c(Cl)c4C)c23)C(=O)O)n1. The maximum Gasteiger partial charge on any atom is 0.345 e. The van der Waals surface area contributed by atoms with E-state index in [-0.39, 0.29) is 24.7 Å². The number of thiophene rings is 1. The first-order valence-corrected chi connectivity index (χ1v) is 20.1. The number of benzene rings is 3. The highest BCUT2D eigenvalue weighted by molar-refractivity contribution is 7.22. The van der Waals surface area contributed by atoms with Crippen LogP contribution in [0.4, 0.5) is 4.39 Å². The molecule has 3 aromatic carbocycles. The average Bonchev–Trinajstić information content (AvgIpc) is 3.62. The van der Waals surface area contributed by atoms with Crippen LogP contribution in [-0.4, -0.2) is 107 Å². The van der Waals surface area contributed by atoms with E-state index < -0.39 is 12.1 Å². The van der Waals surface area contributed by atoms with Gasteiger partial charge in [0.1, 0.15) is 47.5 Å². The Labute approximate surface area is 345 Å². The van der Waals surface area contributed by atoms with Gasteiger partial charge in [-0.2, -0.15) is 0 Å². The van der Waals surface area contributed by atoms with Gasteiger partial charge in [-0.3, -0.25) is 4.90 Å². The van der Waals surface area contributed by atoms with E-state index in [0.29, 0.717) is 69.0 Å². The molecule has 0 bridgehead atoms. The number of aliphatic carboxylic acids is 1. The molecule has 12 nitrogen and oxygen atoms in total. The van der Waals surface area contributed by atoms with Gasteiger partial charge in [-0.1, -0.05) is 48.0 Å². The van der Waals surface area contributed by atoms with Crippen molar-refractivity contribution in [3.8, 4) is 38.9 Å². The van der Waals surface area contributed by atoms with Crippen LogP contribution in [0.3, 0.4) is 0 Å². The van der Waals surface area contributed by atoms with Crippen LogP contribution < -0.4 is 14.2 Å². The van der Waals surface area contributed by atoms with Crippen LogP contribution in [0.1, 0.15) is 22.6 Å². The monoisotopic (exact) mass is 826 g/mol. The third-order valence-electron chi connectivity index (χ3n) is 10.0. The van der Waals surface area contributed by atoms with Crippen molar-refractivity contribution in [1.29, 1.82) is 0 Å². The molecule has 4 heterocycles. The van der Waals surface area contributed by atoms with Gasteiger partial charge in [0.15, 0.2) is 0 Å². The van der Waals surface area contributed by atoms with Crippen molar-refractivity contribution in [1.82, 2.24) is 29.7 Å². The van der Waals surface area contributed by atoms with Crippen molar-refractivity contribution in [3.63, 3.8) is 0 Å². The standard InChI is InChI=1S/C43H44ClFN6O6S/c1-27-32(12-13-34(39(27)44)55-23-21-51-19-17-50(2)18-20-51)37-38-41(47-26-48-42(38)58-40(37)28-8-10-30(45)11-9-28)57-35(43(52)53)24-29-6-4-5-7-33(29)56-25-31-14-16-46-36(49-31)15-22-54-3/h4-14,16,26,35H,15,17-25H2,1-3H3,(H,52,53)/t35-/m1/s1. The van der Waals surface area contributed by atoms with E-state index in [1.54, 1.807) is 43.6 Å². The number of para-hydroxylation sites is 1. The molecule has 0 unspecified atom stereocenters. The highest BCUT2D eigenvalue weighted by Gasteiger charge is 2.28. The van der Waals surface area contributed by atoms with Crippen molar-refractivity contribution in [2.45, 2.75) is 32.5 Å². The number of halogens is 2. The van der Waals surface area contributed by atoms with Crippen molar-refractivity contribution < 1.29 is 33.2 Å². The lowest BCUT2D eigenvalue weighted by Crippen LogP contribution is -2.45. The lowest BCUT2D eigenvalue weighted by Gasteiger charge is -2.32. The highest BCUT2D eigenvalue weighted by Crippen LogP contribution is 2.49. The summed E-state index contributed by atoms with van der Waals surface area (Å²) >= 11 is 8.40. The molecule has 0 saturated carbocycles. The lowest BCUT2D eigenvalue weighted by molar-refractivity contribution is -0.145. The minimum atomic E-state index is -1.36. The van der Waals surface area contributed by atoms with Gasteiger partial charge in [-0.15, -0.1) is 11.3 Å². The quantitative estimate of drug-likeness (QED) is 0.0984. The van der Waals surface area contributed by atoms with Crippen molar-refractivity contribution >= 4 is 39.1 Å². The fourth-order valence-electron chi connectivity index (χ4n) is 6.77. The number of ether oxygens (including phenoxy) is 4. The number of methoxy groups -OCH3 is 1. The van der Waals surface area contributed by atoms with Crippen molar-refractivity contribution in [2.24, 2.45) is 0 Å². The number of aromatic nitrogens is 4. The smallest absolute Gasteiger partial charge is 0.345 e. The molecule has 0 aliphatic carbocycles. The number of carboxylic acids is 1. The summed E-state index contributed by atoms with van der Waals surface area (Å²) in [4.78, 5) is 36.8. The van der Waals surface area contributed by atoms with Crippen LogP contribution in [0.25, 0.3) is 31.8 Å². The molecule has 1 fully saturated rings. The van der Waals surface area contributed by atoms with E-state index in [1.165, 1.54) is 29.8 Å². The molecular weight excluding hydrogens is 783 g/mol. The first kappa shape index (κ1) is 40.9. The van der Waals surface area contributed by atoms with Crippen LogP contribution >= 0.6 is 22.9 Å². The van der Waals surface area contributed by atoms with E-state index >= 15 is 0 Å². The molecule has 58 heavy (non-hydrogen) atoms. The molecule has 1 aliphatic rings.